The zero-order valence-corrected chi connectivity index (χ0v) is 11.3. The van der Waals surface area contributed by atoms with E-state index in [4.69, 9.17) is 16.3 Å². The molecule has 0 amide bonds. The lowest BCUT2D eigenvalue weighted by Gasteiger charge is -2.06. The van der Waals surface area contributed by atoms with E-state index >= 15 is 0 Å². The molecule has 3 nitrogen and oxygen atoms in total. The van der Waals surface area contributed by atoms with Crippen molar-refractivity contribution in [3.8, 4) is 0 Å². The second-order valence-electron chi connectivity index (χ2n) is 3.97. The number of hydrogen-bond acceptors (Lipinski definition) is 2. The molecule has 0 fully saturated rings. The minimum Gasteiger partial charge on any atom is -0.382 e. The van der Waals surface area contributed by atoms with Gasteiger partial charge >= 0.3 is 0 Å². The molecule has 1 heterocycles. The Balaban J connectivity index is 2.64. The Morgan fingerprint density at radius 2 is 2.12 bits per heavy atom. The highest BCUT2D eigenvalue weighted by atomic mass is 35.5. The third-order valence-corrected chi connectivity index (χ3v) is 2.92. The third-order valence-electron chi connectivity index (χ3n) is 2.70. The highest BCUT2D eigenvalue weighted by Crippen LogP contribution is 2.26. The van der Waals surface area contributed by atoms with Crippen LogP contribution in [0.1, 0.15) is 42.6 Å². The second kappa shape index (κ2) is 6.26. The first-order valence-electron chi connectivity index (χ1n) is 5.83. The molecule has 0 saturated carbocycles. The molecule has 0 aliphatic heterocycles. The van der Waals surface area contributed by atoms with E-state index in [1.165, 1.54) is 5.69 Å². The average Bonchev–Trinajstić information content (AvgIpc) is 2.49. The van der Waals surface area contributed by atoms with Crippen molar-refractivity contribution in [3.63, 3.8) is 0 Å². The summed E-state index contributed by atoms with van der Waals surface area (Å²) in [6, 6.07) is 0. The van der Waals surface area contributed by atoms with Crippen LogP contribution in [0.4, 0.5) is 0 Å². The first kappa shape index (κ1) is 13.5. The molecule has 0 spiro atoms. The molecule has 92 valence electrons. The van der Waals surface area contributed by atoms with Crippen LogP contribution < -0.4 is 0 Å². The van der Waals surface area contributed by atoms with Crippen molar-refractivity contribution in [1.82, 2.24) is 9.78 Å². The lowest BCUT2D eigenvalue weighted by molar-refractivity contribution is 0.140. The highest BCUT2D eigenvalue weighted by Gasteiger charge is 2.15. The van der Waals surface area contributed by atoms with E-state index in [1.54, 1.807) is 0 Å². The zero-order valence-electron chi connectivity index (χ0n) is 10.6. The second-order valence-corrected chi connectivity index (χ2v) is 4.63. The molecule has 1 atom stereocenters. The van der Waals surface area contributed by atoms with E-state index in [-0.39, 0.29) is 5.38 Å². The van der Waals surface area contributed by atoms with Crippen molar-refractivity contribution >= 4 is 11.6 Å². The van der Waals surface area contributed by atoms with E-state index in [2.05, 4.69) is 12.0 Å². The van der Waals surface area contributed by atoms with E-state index in [1.807, 2.05) is 25.5 Å². The minimum absolute atomic E-state index is 0.0284. The van der Waals surface area contributed by atoms with Gasteiger partial charge in [0.1, 0.15) is 0 Å². The van der Waals surface area contributed by atoms with Crippen molar-refractivity contribution < 1.29 is 4.74 Å². The van der Waals surface area contributed by atoms with Crippen LogP contribution in [-0.2, 0) is 11.3 Å². The first-order valence-corrected chi connectivity index (χ1v) is 6.27. The lowest BCUT2D eigenvalue weighted by atomic mass is 10.1. The normalized spacial score (nSPS) is 13.1. The number of aromatic nitrogens is 2. The third kappa shape index (κ3) is 3.22. The number of hydrogen-bond donors (Lipinski definition) is 0. The predicted molar refractivity (Wildman–Crippen MR) is 67.1 cm³/mol. The lowest BCUT2D eigenvalue weighted by Crippen LogP contribution is -2.06. The molecule has 1 aromatic heterocycles. The summed E-state index contributed by atoms with van der Waals surface area (Å²) in [5.74, 6) is 0. The number of halogens is 1. The number of nitrogens with zero attached hydrogens (tertiary/aromatic N) is 2. The largest absolute Gasteiger partial charge is 0.382 e. The van der Waals surface area contributed by atoms with E-state index < -0.39 is 0 Å². The van der Waals surface area contributed by atoms with Crippen molar-refractivity contribution in [3.05, 3.63) is 17.0 Å². The first-order chi connectivity index (χ1) is 7.57. The van der Waals surface area contributed by atoms with Gasteiger partial charge in [0, 0.05) is 31.0 Å². The van der Waals surface area contributed by atoms with Gasteiger partial charge in [-0.05, 0) is 34.1 Å². The zero-order chi connectivity index (χ0) is 12.1. The molecule has 4 heteroatoms. The van der Waals surface area contributed by atoms with Gasteiger partial charge in [-0.3, -0.25) is 4.68 Å². The van der Waals surface area contributed by atoms with Gasteiger partial charge in [-0.25, -0.2) is 0 Å². The number of ether oxygens (including phenoxy) is 1. The van der Waals surface area contributed by atoms with Crippen molar-refractivity contribution in [2.24, 2.45) is 0 Å². The van der Waals surface area contributed by atoms with Gasteiger partial charge in [-0.1, -0.05) is 0 Å². The number of aryl methyl sites for hydroxylation is 2. The molecule has 0 aliphatic rings. The summed E-state index contributed by atoms with van der Waals surface area (Å²) >= 11 is 6.13. The van der Waals surface area contributed by atoms with Gasteiger partial charge in [-0.2, -0.15) is 5.10 Å². The summed E-state index contributed by atoms with van der Waals surface area (Å²) in [7, 11) is 0. The fourth-order valence-corrected chi connectivity index (χ4v) is 2.28. The quantitative estimate of drug-likeness (QED) is 0.568. The smallest absolute Gasteiger partial charge is 0.0643 e. The molecular formula is C12H21ClN2O. The van der Waals surface area contributed by atoms with Crippen molar-refractivity contribution in [2.75, 3.05) is 13.2 Å². The summed E-state index contributed by atoms with van der Waals surface area (Å²) in [4.78, 5) is 0. The summed E-state index contributed by atoms with van der Waals surface area (Å²) in [6.45, 7) is 10.6. The fraction of sp³-hybridized carbons (Fsp3) is 0.750. The molecule has 1 unspecified atom stereocenters. The Hall–Kier alpha value is -0.540. The summed E-state index contributed by atoms with van der Waals surface area (Å²) in [5.41, 5.74) is 3.38. The monoisotopic (exact) mass is 244 g/mol. The molecule has 16 heavy (non-hydrogen) atoms. The van der Waals surface area contributed by atoms with Gasteiger partial charge in [0.2, 0.25) is 0 Å². The van der Waals surface area contributed by atoms with E-state index in [0.29, 0.717) is 0 Å². The molecule has 1 aromatic rings. The highest BCUT2D eigenvalue weighted by molar-refractivity contribution is 6.20. The van der Waals surface area contributed by atoms with Crippen LogP contribution in [0.2, 0.25) is 0 Å². The molecule has 0 aliphatic carbocycles. The number of alkyl halides is 1. The maximum atomic E-state index is 6.13. The van der Waals surface area contributed by atoms with Crippen LogP contribution in [0.3, 0.4) is 0 Å². The van der Waals surface area contributed by atoms with Gasteiger partial charge in [0.25, 0.3) is 0 Å². The van der Waals surface area contributed by atoms with Crippen LogP contribution in [0.25, 0.3) is 0 Å². The molecular weight excluding hydrogens is 224 g/mol. The van der Waals surface area contributed by atoms with E-state index in [0.717, 1.165) is 37.4 Å². The Morgan fingerprint density at radius 3 is 2.62 bits per heavy atom. The Morgan fingerprint density at radius 1 is 1.44 bits per heavy atom. The maximum Gasteiger partial charge on any atom is 0.0643 e. The van der Waals surface area contributed by atoms with Crippen molar-refractivity contribution in [1.29, 1.82) is 0 Å². The molecule has 0 saturated heterocycles. The van der Waals surface area contributed by atoms with Crippen molar-refractivity contribution in [2.45, 2.75) is 46.0 Å². The SMILES string of the molecule is CCOCCCn1nc(C)c(C(C)Cl)c1C. The summed E-state index contributed by atoms with van der Waals surface area (Å²) in [5, 5.41) is 4.53. The van der Waals surface area contributed by atoms with Crippen LogP contribution >= 0.6 is 11.6 Å². The topological polar surface area (TPSA) is 27.1 Å². The maximum absolute atomic E-state index is 6.13. The van der Waals surface area contributed by atoms with E-state index in [9.17, 15) is 0 Å². The molecule has 0 bridgehead atoms. The predicted octanol–water partition coefficient (Wildman–Crippen LogP) is 3.23. The number of rotatable bonds is 6. The minimum atomic E-state index is 0.0284. The Bertz CT molecular complexity index is 334. The van der Waals surface area contributed by atoms with Crippen LogP contribution in [-0.4, -0.2) is 23.0 Å². The summed E-state index contributed by atoms with van der Waals surface area (Å²) in [6.07, 6.45) is 0.992. The van der Waals surface area contributed by atoms with Crippen LogP contribution in [0.15, 0.2) is 0 Å². The Kier molecular flexibility index (Phi) is 5.29. The fourth-order valence-electron chi connectivity index (χ4n) is 1.96. The molecule has 1 rings (SSSR count). The summed E-state index contributed by atoms with van der Waals surface area (Å²) < 4.78 is 7.34. The molecule has 0 N–H and O–H groups in total. The molecule has 0 radical (unpaired) electrons. The van der Waals surface area contributed by atoms with Gasteiger partial charge in [0.15, 0.2) is 0 Å². The van der Waals surface area contributed by atoms with Crippen LogP contribution in [0.5, 0.6) is 0 Å². The molecule has 0 aromatic carbocycles. The standard InChI is InChI=1S/C12H21ClN2O/c1-5-16-8-6-7-15-11(4)12(9(2)13)10(3)14-15/h9H,5-8H2,1-4H3. The van der Waals surface area contributed by atoms with Gasteiger partial charge in [-0.15, -0.1) is 11.6 Å². The Labute approximate surface area is 103 Å². The van der Waals surface area contributed by atoms with Gasteiger partial charge < -0.3 is 4.74 Å². The van der Waals surface area contributed by atoms with Crippen LogP contribution in [0, 0.1) is 13.8 Å². The van der Waals surface area contributed by atoms with Gasteiger partial charge in [0.05, 0.1) is 11.1 Å². The average molecular weight is 245 g/mol.